The molecule has 0 aliphatic rings. The molecule has 0 bridgehead atoms. The zero-order valence-corrected chi connectivity index (χ0v) is 17.9. The Bertz CT molecular complexity index is 983. The molecule has 27 heavy (non-hydrogen) atoms. The number of methoxy groups -OCH3 is 1. The quantitative estimate of drug-likeness (QED) is 0.602. The van der Waals surface area contributed by atoms with E-state index in [2.05, 4.69) is 10.0 Å². The molecule has 0 aromatic heterocycles. The average Bonchev–Trinajstić information content (AvgIpc) is 2.59. The van der Waals surface area contributed by atoms with Crippen molar-refractivity contribution in [3.63, 3.8) is 0 Å². The first kappa shape index (κ1) is 22.1. The van der Waals surface area contributed by atoms with Gasteiger partial charge in [0, 0.05) is 5.02 Å². The van der Waals surface area contributed by atoms with Crippen LogP contribution in [0.2, 0.25) is 20.1 Å². The molecule has 146 valence electrons. The molecule has 0 fully saturated rings. The topological polar surface area (TPSA) is 84.5 Å². The molecule has 1 atom stereocenters. The summed E-state index contributed by atoms with van der Waals surface area (Å²) in [7, 11) is -2.76. The van der Waals surface area contributed by atoms with Gasteiger partial charge in [0.2, 0.25) is 15.9 Å². The van der Waals surface area contributed by atoms with Crippen molar-refractivity contribution in [3.8, 4) is 5.75 Å². The van der Waals surface area contributed by atoms with Gasteiger partial charge >= 0.3 is 0 Å². The van der Waals surface area contributed by atoms with Gasteiger partial charge in [0.1, 0.15) is 10.6 Å². The number of ether oxygens (including phenoxy) is 1. The largest absolute Gasteiger partial charge is 0.495 e. The third-order valence-electron chi connectivity index (χ3n) is 3.41. The number of hydrogen-bond donors (Lipinski definition) is 2. The summed E-state index contributed by atoms with van der Waals surface area (Å²) in [5, 5.41) is 3.27. The van der Waals surface area contributed by atoms with Crippen molar-refractivity contribution < 1.29 is 17.9 Å². The van der Waals surface area contributed by atoms with E-state index in [-0.39, 0.29) is 36.4 Å². The van der Waals surface area contributed by atoms with Gasteiger partial charge in [0.15, 0.2) is 0 Å². The van der Waals surface area contributed by atoms with Crippen LogP contribution in [0.15, 0.2) is 35.2 Å². The Balaban J connectivity index is 2.21. The lowest BCUT2D eigenvalue weighted by molar-refractivity contribution is -0.117. The predicted octanol–water partition coefficient (Wildman–Crippen LogP) is 4.61. The predicted molar refractivity (Wildman–Crippen MR) is 108 cm³/mol. The number of benzene rings is 2. The Morgan fingerprint density at radius 1 is 1.04 bits per heavy atom. The molecule has 2 aromatic rings. The van der Waals surface area contributed by atoms with Crippen LogP contribution in [0.5, 0.6) is 5.75 Å². The zero-order chi connectivity index (χ0) is 20.4. The number of amides is 1. The van der Waals surface area contributed by atoms with Crippen molar-refractivity contribution in [1.82, 2.24) is 4.72 Å². The lowest BCUT2D eigenvalue weighted by atomic mass is 10.3. The van der Waals surface area contributed by atoms with Gasteiger partial charge < -0.3 is 10.1 Å². The molecule has 0 saturated carbocycles. The third-order valence-corrected chi connectivity index (χ3v) is 6.24. The number of halogens is 4. The number of anilines is 1. The van der Waals surface area contributed by atoms with Crippen molar-refractivity contribution in [3.05, 3.63) is 50.4 Å². The summed E-state index contributed by atoms with van der Waals surface area (Å²) >= 11 is 23.6. The van der Waals surface area contributed by atoms with E-state index in [1.54, 1.807) is 0 Å². The fraction of sp³-hybridized carbons (Fsp3) is 0.188. The molecule has 11 heteroatoms. The maximum Gasteiger partial charge on any atom is 0.245 e. The Hall–Kier alpha value is -1.22. The van der Waals surface area contributed by atoms with E-state index in [1.807, 2.05) is 0 Å². The van der Waals surface area contributed by atoms with Crippen LogP contribution in [0.1, 0.15) is 6.92 Å². The van der Waals surface area contributed by atoms with Crippen molar-refractivity contribution in [2.45, 2.75) is 17.9 Å². The van der Waals surface area contributed by atoms with Gasteiger partial charge in [-0.15, -0.1) is 0 Å². The van der Waals surface area contributed by atoms with Gasteiger partial charge in [-0.25, -0.2) is 8.42 Å². The highest BCUT2D eigenvalue weighted by molar-refractivity contribution is 7.89. The SMILES string of the molecule is COc1ccc(Cl)cc1S(=O)(=O)N[C@@H](C)C(=O)Nc1cc(Cl)c(Cl)cc1Cl. The van der Waals surface area contributed by atoms with Crippen LogP contribution in [-0.4, -0.2) is 27.5 Å². The molecule has 2 rings (SSSR count). The summed E-state index contributed by atoms with van der Waals surface area (Å²) in [6.07, 6.45) is 0. The lowest BCUT2D eigenvalue weighted by Crippen LogP contribution is -2.41. The van der Waals surface area contributed by atoms with E-state index in [1.165, 1.54) is 44.4 Å². The first-order valence-corrected chi connectivity index (χ1v) is 10.4. The summed E-state index contributed by atoms with van der Waals surface area (Å²) in [5.41, 5.74) is 0.197. The second kappa shape index (κ2) is 8.86. The van der Waals surface area contributed by atoms with Gasteiger partial charge in [-0.3, -0.25) is 4.79 Å². The molecular weight excluding hydrogens is 458 g/mol. The molecule has 2 N–H and O–H groups in total. The van der Waals surface area contributed by atoms with Crippen LogP contribution in [0, 0.1) is 0 Å². The Morgan fingerprint density at radius 2 is 1.67 bits per heavy atom. The van der Waals surface area contributed by atoms with E-state index in [9.17, 15) is 13.2 Å². The normalized spacial score (nSPS) is 12.5. The number of nitrogens with one attached hydrogen (secondary N) is 2. The molecular formula is C16H14Cl4N2O4S. The monoisotopic (exact) mass is 470 g/mol. The molecule has 0 aliphatic carbocycles. The summed E-state index contributed by atoms with van der Waals surface area (Å²) in [4.78, 5) is 12.2. The van der Waals surface area contributed by atoms with Crippen molar-refractivity contribution >= 4 is 68.0 Å². The summed E-state index contributed by atoms with van der Waals surface area (Å²) in [5.74, 6) is -0.563. The highest BCUT2D eigenvalue weighted by Gasteiger charge is 2.26. The second-order valence-electron chi connectivity index (χ2n) is 5.37. The van der Waals surface area contributed by atoms with Crippen LogP contribution < -0.4 is 14.8 Å². The van der Waals surface area contributed by atoms with Gasteiger partial charge in [0.25, 0.3) is 0 Å². The zero-order valence-electron chi connectivity index (χ0n) is 14.0. The first-order chi connectivity index (χ1) is 12.5. The first-order valence-electron chi connectivity index (χ1n) is 7.36. The van der Waals surface area contributed by atoms with Gasteiger partial charge in [0.05, 0.1) is 33.9 Å². The highest BCUT2D eigenvalue weighted by atomic mass is 35.5. The van der Waals surface area contributed by atoms with Gasteiger partial charge in [-0.2, -0.15) is 4.72 Å². The van der Waals surface area contributed by atoms with Crippen LogP contribution >= 0.6 is 46.4 Å². The molecule has 0 aliphatic heterocycles. The number of rotatable bonds is 6. The smallest absolute Gasteiger partial charge is 0.245 e. The molecule has 2 aromatic carbocycles. The number of carbonyl (C=O) groups excluding carboxylic acids is 1. The molecule has 1 amide bonds. The van der Waals surface area contributed by atoms with E-state index in [0.717, 1.165) is 0 Å². The minimum Gasteiger partial charge on any atom is -0.495 e. The van der Waals surface area contributed by atoms with E-state index in [0.29, 0.717) is 0 Å². The highest BCUT2D eigenvalue weighted by Crippen LogP contribution is 2.32. The molecule has 6 nitrogen and oxygen atoms in total. The minimum atomic E-state index is -4.09. The molecule has 0 heterocycles. The summed E-state index contributed by atoms with van der Waals surface area (Å²) in [6, 6.07) is 5.73. The lowest BCUT2D eigenvalue weighted by Gasteiger charge is -2.17. The average molecular weight is 472 g/mol. The third kappa shape index (κ3) is 5.40. The Morgan fingerprint density at radius 3 is 2.30 bits per heavy atom. The van der Waals surface area contributed by atoms with Crippen molar-refractivity contribution in [2.24, 2.45) is 0 Å². The summed E-state index contributed by atoms with van der Waals surface area (Å²) in [6.45, 7) is 1.37. The second-order valence-corrected chi connectivity index (χ2v) is 8.71. The van der Waals surface area contributed by atoms with E-state index in [4.69, 9.17) is 51.1 Å². The van der Waals surface area contributed by atoms with Crippen LogP contribution in [0.4, 0.5) is 5.69 Å². The van der Waals surface area contributed by atoms with Crippen LogP contribution in [0.25, 0.3) is 0 Å². The van der Waals surface area contributed by atoms with Crippen molar-refractivity contribution in [2.75, 3.05) is 12.4 Å². The Kier molecular flexibility index (Phi) is 7.24. The standard InChI is InChI=1S/C16H14Cl4N2O4S/c1-8(16(23)21-13-7-11(19)10(18)6-12(13)20)22-27(24,25)15-5-9(17)3-4-14(15)26-2/h3-8,22H,1-2H3,(H,21,23)/t8-/m0/s1. The number of carbonyl (C=O) groups is 1. The molecule has 0 radical (unpaired) electrons. The molecule has 0 unspecified atom stereocenters. The summed E-state index contributed by atoms with van der Waals surface area (Å²) < 4.78 is 32.5. The number of hydrogen-bond acceptors (Lipinski definition) is 4. The maximum atomic E-state index is 12.6. The van der Waals surface area contributed by atoms with E-state index >= 15 is 0 Å². The van der Waals surface area contributed by atoms with Crippen LogP contribution in [0.3, 0.4) is 0 Å². The molecule has 0 spiro atoms. The van der Waals surface area contributed by atoms with Gasteiger partial charge in [-0.1, -0.05) is 46.4 Å². The fourth-order valence-electron chi connectivity index (χ4n) is 2.07. The van der Waals surface area contributed by atoms with Gasteiger partial charge in [-0.05, 0) is 37.3 Å². The van der Waals surface area contributed by atoms with Crippen LogP contribution in [-0.2, 0) is 14.8 Å². The van der Waals surface area contributed by atoms with Crippen molar-refractivity contribution in [1.29, 1.82) is 0 Å². The maximum absolute atomic E-state index is 12.6. The Labute approximate surface area is 176 Å². The van der Waals surface area contributed by atoms with E-state index < -0.39 is 22.0 Å². The minimum absolute atomic E-state index is 0.0898. The number of sulfonamides is 1. The fourth-order valence-corrected chi connectivity index (χ4v) is 4.30. The molecule has 0 saturated heterocycles.